The number of halogens is 6. The van der Waals surface area contributed by atoms with Crippen molar-refractivity contribution in [2.24, 2.45) is 5.92 Å². The zero-order valence-electron chi connectivity index (χ0n) is 19.7. The summed E-state index contributed by atoms with van der Waals surface area (Å²) < 4.78 is 85.1. The number of nitrogens with one attached hydrogen (secondary N) is 1. The average molecular weight is 517 g/mol. The van der Waals surface area contributed by atoms with Gasteiger partial charge in [-0.05, 0) is 50.6 Å². The lowest BCUT2D eigenvalue weighted by atomic mass is 9.94. The number of alkyl halides is 6. The first kappa shape index (κ1) is 27.3. The number of likely N-dealkylation sites (tertiary alicyclic amines) is 1. The lowest BCUT2D eigenvalue weighted by Gasteiger charge is -2.39. The second kappa shape index (κ2) is 9.98. The van der Waals surface area contributed by atoms with E-state index in [0.717, 1.165) is 42.6 Å². The molecule has 1 atom stereocenters. The van der Waals surface area contributed by atoms with Crippen LogP contribution in [0.4, 0.5) is 31.1 Å². The largest absolute Gasteiger partial charge is 0.444 e. The SMILES string of the molecule is CC(C)(C)OC(=O)N1CC(CC(=O)NC(c2ccc(C(F)(F)F)cc2)c2ncccc2C(F)(F)F)C1. The van der Waals surface area contributed by atoms with Crippen LogP contribution in [0, 0.1) is 5.92 Å². The van der Waals surface area contributed by atoms with E-state index < -0.39 is 52.8 Å². The third kappa shape index (κ3) is 6.88. The first-order valence-corrected chi connectivity index (χ1v) is 11.0. The van der Waals surface area contributed by atoms with Gasteiger partial charge in [0.05, 0.1) is 22.9 Å². The van der Waals surface area contributed by atoms with Crippen LogP contribution in [0.1, 0.15) is 55.6 Å². The number of carbonyl (C=O) groups excluding carboxylic acids is 2. The molecule has 1 N–H and O–H groups in total. The minimum absolute atomic E-state index is 0.00420. The van der Waals surface area contributed by atoms with E-state index in [4.69, 9.17) is 4.74 Å². The number of pyridine rings is 1. The number of benzene rings is 1. The Morgan fingerprint density at radius 2 is 1.64 bits per heavy atom. The summed E-state index contributed by atoms with van der Waals surface area (Å²) in [6, 6.07) is 3.91. The van der Waals surface area contributed by atoms with E-state index in [1.165, 1.54) is 4.90 Å². The van der Waals surface area contributed by atoms with Crippen molar-refractivity contribution < 1.29 is 40.7 Å². The third-order valence-electron chi connectivity index (χ3n) is 5.38. The van der Waals surface area contributed by atoms with Crippen LogP contribution >= 0.6 is 0 Å². The number of aromatic nitrogens is 1. The number of ether oxygens (including phenoxy) is 1. The number of hydrogen-bond acceptors (Lipinski definition) is 4. The van der Waals surface area contributed by atoms with Gasteiger partial charge in [0, 0.05) is 31.6 Å². The summed E-state index contributed by atoms with van der Waals surface area (Å²) >= 11 is 0. The number of amides is 2. The van der Waals surface area contributed by atoms with Crippen molar-refractivity contribution in [3.63, 3.8) is 0 Å². The first-order valence-electron chi connectivity index (χ1n) is 11.0. The van der Waals surface area contributed by atoms with Gasteiger partial charge in [0.15, 0.2) is 0 Å². The van der Waals surface area contributed by atoms with Crippen LogP contribution < -0.4 is 5.32 Å². The molecule has 1 aromatic heterocycles. The Kier molecular flexibility index (Phi) is 7.56. The van der Waals surface area contributed by atoms with Crippen LogP contribution in [-0.2, 0) is 21.9 Å². The molecule has 3 rings (SSSR count). The maximum atomic E-state index is 13.6. The van der Waals surface area contributed by atoms with Crippen molar-refractivity contribution in [1.82, 2.24) is 15.2 Å². The molecule has 2 aromatic rings. The molecule has 1 aromatic carbocycles. The van der Waals surface area contributed by atoms with Crippen LogP contribution in [0.3, 0.4) is 0 Å². The van der Waals surface area contributed by atoms with Gasteiger partial charge in [-0.2, -0.15) is 26.3 Å². The maximum absolute atomic E-state index is 13.6. The highest BCUT2D eigenvalue weighted by Gasteiger charge is 2.39. The van der Waals surface area contributed by atoms with E-state index in [-0.39, 0.29) is 31.0 Å². The van der Waals surface area contributed by atoms with Gasteiger partial charge in [-0.3, -0.25) is 9.78 Å². The molecular formula is C24H25F6N3O3. The molecule has 6 nitrogen and oxygen atoms in total. The van der Waals surface area contributed by atoms with E-state index in [9.17, 15) is 35.9 Å². The molecule has 2 heterocycles. The van der Waals surface area contributed by atoms with Crippen molar-refractivity contribution in [2.45, 2.75) is 51.2 Å². The van der Waals surface area contributed by atoms with Crippen molar-refractivity contribution in [1.29, 1.82) is 0 Å². The fourth-order valence-corrected chi connectivity index (χ4v) is 3.72. The highest BCUT2D eigenvalue weighted by Crippen LogP contribution is 2.37. The Hall–Kier alpha value is -3.31. The topological polar surface area (TPSA) is 71.5 Å². The lowest BCUT2D eigenvalue weighted by Crippen LogP contribution is -2.52. The second-order valence-corrected chi connectivity index (χ2v) is 9.51. The molecule has 36 heavy (non-hydrogen) atoms. The smallest absolute Gasteiger partial charge is 0.418 e. The summed E-state index contributed by atoms with van der Waals surface area (Å²) in [6.45, 7) is 5.59. The van der Waals surface area contributed by atoms with Crippen LogP contribution in [-0.4, -0.2) is 40.6 Å². The summed E-state index contributed by atoms with van der Waals surface area (Å²) in [5, 5.41) is 2.48. The number of nitrogens with zero attached hydrogens (tertiary/aromatic N) is 2. The van der Waals surface area contributed by atoms with Gasteiger partial charge in [-0.1, -0.05) is 12.1 Å². The lowest BCUT2D eigenvalue weighted by molar-refractivity contribution is -0.139. The minimum Gasteiger partial charge on any atom is -0.444 e. The average Bonchev–Trinajstić information content (AvgIpc) is 2.72. The Morgan fingerprint density at radius 3 is 2.17 bits per heavy atom. The van der Waals surface area contributed by atoms with E-state index in [1.807, 2.05) is 0 Å². The zero-order valence-corrected chi connectivity index (χ0v) is 19.7. The minimum atomic E-state index is -4.81. The fourth-order valence-electron chi connectivity index (χ4n) is 3.72. The van der Waals surface area contributed by atoms with Gasteiger partial charge in [0.2, 0.25) is 5.91 Å². The standard InChI is InChI=1S/C24H25F6N3O3/c1-22(2,3)36-21(35)33-12-14(13-33)11-18(34)32-19(15-6-8-16(9-7-15)23(25,26)27)20-17(24(28,29)30)5-4-10-31-20/h4-10,14,19H,11-13H2,1-3H3,(H,32,34). The van der Waals surface area contributed by atoms with Crippen molar-refractivity contribution in [3.8, 4) is 0 Å². The quantitative estimate of drug-likeness (QED) is 0.526. The molecule has 12 heteroatoms. The van der Waals surface area contributed by atoms with Gasteiger partial charge in [0.25, 0.3) is 0 Å². The van der Waals surface area contributed by atoms with Crippen LogP contribution in [0.25, 0.3) is 0 Å². The third-order valence-corrected chi connectivity index (χ3v) is 5.38. The Morgan fingerprint density at radius 1 is 1.03 bits per heavy atom. The molecule has 0 bridgehead atoms. The molecule has 0 aliphatic carbocycles. The molecule has 1 aliphatic heterocycles. The summed E-state index contributed by atoms with van der Waals surface area (Å²) in [6.07, 6.45) is -8.97. The van der Waals surface area contributed by atoms with Gasteiger partial charge in [-0.15, -0.1) is 0 Å². The summed E-state index contributed by atoms with van der Waals surface area (Å²) in [7, 11) is 0. The molecule has 1 unspecified atom stereocenters. The fraction of sp³-hybridized carbons (Fsp3) is 0.458. The molecule has 0 radical (unpaired) electrons. The van der Waals surface area contributed by atoms with Gasteiger partial charge in [0.1, 0.15) is 5.60 Å². The van der Waals surface area contributed by atoms with Crippen LogP contribution in [0.5, 0.6) is 0 Å². The van der Waals surface area contributed by atoms with Gasteiger partial charge >= 0.3 is 18.4 Å². The summed E-state index contributed by atoms with van der Waals surface area (Å²) in [5.41, 5.74) is -3.32. The molecule has 0 spiro atoms. The zero-order chi connectivity index (χ0) is 26.9. The first-order chi connectivity index (χ1) is 16.5. The summed E-state index contributed by atoms with van der Waals surface area (Å²) in [4.78, 5) is 30.0. The highest BCUT2D eigenvalue weighted by atomic mass is 19.4. The van der Waals surface area contributed by atoms with E-state index in [2.05, 4.69) is 10.3 Å². The Bertz CT molecular complexity index is 1090. The van der Waals surface area contributed by atoms with E-state index >= 15 is 0 Å². The van der Waals surface area contributed by atoms with Gasteiger partial charge < -0.3 is 15.0 Å². The number of hydrogen-bond donors (Lipinski definition) is 1. The van der Waals surface area contributed by atoms with E-state index in [1.54, 1.807) is 20.8 Å². The predicted octanol–water partition coefficient (Wildman–Crippen LogP) is 5.58. The molecule has 1 fully saturated rings. The van der Waals surface area contributed by atoms with Gasteiger partial charge in [-0.25, -0.2) is 4.79 Å². The van der Waals surface area contributed by atoms with Crippen molar-refractivity contribution in [2.75, 3.05) is 13.1 Å². The molecule has 0 saturated carbocycles. The van der Waals surface area contributed by atoms with Crippen molar-refractivity contribution in [3.05, 3.63) is 65.0 Å². The molecule has 1 aliphatic rings. The second-order valence-electron chi connectivity index (χ2n) is 9.51. The maximum Gasteiger partial charge on any atom is 0.418 e. The Labute approximate surface area is 203 Å². The van der Waals surface area contributed by atoms with Crippen LogP contribution in [0.2, 0.25) is 0 Å². The van der Waals surface area contributed by atoms with E-state index in [0.29, 0.717) is 0 Å². The molecule has 196 valence electrons. The Balaban J connectivity index is 1.79. The molecular weight excluding hydrogens is 492 g/mol. The number of rotatable bonds is 5. The van der Waals surface area contributed by atoms with Crippen molar-refractivity contribution >= 4 is 12.0 Å². The normalized spacial score (nSPS) is 15.8. The molecule has 2 amide bonds. The highest BCUT2D eigenvalue weighted by molar-refractivity contribution is 5.78. The predicted molar refractivity (Wildman–Crippen MR) is 117 cm³/mol. The number of carbonyl (C=O) groups is 2. The molecule has 1 saturated heterocycles. The van der Waals surface area contributed by atoms with Crippen LogP contribution in [0.15, 0.2) is 42.6 Å². The summed E-state index contributed by atoms with van der Waals surface area (Å²) in [5.74, 6) is -0.885. The monoisotopic (exact) mass is 517 g/mol.